The third-order valence-corrected chi connectivity index (χ3v) is 1.64. The molecule has 0 unspecified atom stereocenters. The molecule has 0 aromatic heterocycles. The summed E-state index contributed by atoms with van der Waals surface area (Å²) in [7, 11) is 3.36. The van der Waals surface area contributed by atoms with E-state index in [-0.39, 0.29) is 6.03 Å². The Morgan fingerprint density at radius 2 is 1.92 bits per heavy atom. The summed E-state index contributed by atoms with van der Waals surface area (Å²) in [6.07, 6.45) is 0. The van der Waals surface area contributed by atoms with Crippen LogP contribution in [0.4, 0.5) is 10.5 Å². The van der Waals surface area contributed by atoms with Gasteiger partial charge in [-0.05, 0) is 12.1 Å². The van der Waals surface area contributed by atoms with E-state index in [0.29, 0.717) is 0 Å². The highest BCUT2D eigenvalue weighted by Gasteiger charge is 2.01. The number of rotatable bonds is 2. The van der Waals surface area contributed by atoms with E-state index in [1.807, 2.05) is 30.3 Å². The van der Waals surface area contributed by atoms with Gasteiger partial charge >= 0.3 is 6.03 Å². The van der Waals surface area contributed by atoms with Crippen LogP contribution < -0.4 is 15.8 Å². The number of nitrogens with zero attached hydrogens (tertiary/aromatic N) is 1. The van der Waals surface area contributed by atoms with E-state index in [9.17, 15) is 4.79 Å². The number of benzene rings is 1. The largest absolute Gasteiger partial charge is 0.340 e. The lowest BCUT2D eigenvalue weighted by atomic mass is 10.3. The summed E-state index contributed by atoms with van der Waals surface area (Å²) in [6.45, 7) is 0. The third kappa shape index (κ3) is 2.66. The van der Waals surface area contributed by atoms with Crippen molar-refractivity contribution in [3.63, 3.8) is 0 Å². The van der Waals surface area contributed by atoms with Gasteiger partial charge in [0.2, 0.25) is 0 Å². The van der Waals surface area contributed by atoms with Gasteiger partial charge in [0, 0.05) is 14.1 Å². The van der Waals surface area contributed by atoms with Crippen molar-refractivity contribution >= 4 is 11.7 Å². The Kier molecular flexibility index (Phi) is 3.14. The molecule has 0 saturated carbocycles. The molecule has 4 heteroatoms. The lowest BCUT2D eigenvalue weighted by molar-refractivity contribution is 0.242. The minimum atomic E-state index is -0.230. The predicted molar refractivity (Wildman–Crippen MR) is 52.4 cm³/mol. The molecule has 1 aromatic rings. The van der Waals surface area contributed by atoms with Crippen LogP contribution in [0.5, 0.6) is 0 Å². The van der Waals surface area contributed by atoms with E-state index < -0.39 is 0 Å². The standard InChI is InChI=1S/C9H13N3O/c1-10-9(13)11-12(2)8-6-4-3-5-7-8/h3-7H,1-2H3,(H2,10,11,13). The van der Waals surface area contributed by atoms with Gasteiger partial charge in [-0.15, -0.1) is 0 Å². The molecule has 0 heterocycles. The number of anilines is 1. The second-order valence-corrected chi connectivity index (χ2v) is 2.59. The van der Waals surface area contributed by atoms with Gasteiger partial charge in [0.25, 0.3) is 0 Å². The monoisotopic (exact) mass is 179 g/mol. The predicted octanol–water partition coefficient (Wildman–Crippen LogP) is 0.967. The van der Waals surface area contributed by atoms with E-state index in [4.69, 9.17) is 0 Å². The Morgan fingerprint density at radius 1 is 1.31 bits per heavy atom. The first-order valence-electron chi connectivity index (χ1n) is 4.01. The molecule has 0 aliphatic carbocycles. The molecular formula is C9H13N3O. The van der Waals surface area contributed by atoms with E-state index in [1.54, 1.807) is 19.1 Å². The first-order chi connectivity index (χ1) is 6.24. The minimum absolute atomic E-state index is 0.230. The van der Waals surface area contributed by atoms with Crippen molar-refractivity contribution in [1.29, 1.82) is 0 Å². The number of carbonyl (C=O) groups is 1. The maximum Gasteiger partial charge on any atom is 0.333 e. The van der Waals surface area contributed by atoms with E-state index >= 15 is 0 Å². The maximum atomic E-state index is 10.9. The second kappa shape index (κ2) is 4.35. The summed E-state index contributed by atoms with van der Waals surface area (Å²) in [5.74, 6) is 0. The zero-order chi connectivity index (χ0) is 9.68. The van der Waals surface area contributed by atoms with Gasteiger partial charge in [0.1, 0.15) is 0 Å². The van der Waals surface area contributed by atoms with Crippen LogP contribution in [0, 0.1) is 0 Å². The molecule has 0 atom stereocenters. The molecule has 0 aliphatic heterocycles. The molecule has 70 valence electrons. The number of amides is 2. The molecule has 0 fully saturated rings. The molecule has 0 bridgehead atoms. The highest BCUT2D eigenvalue weighted by Crippen LogP contribution is 2.07. The zero-order valence-electron chi connectivity index (χ0n) is 7.74. The van der Waals surface area contributed by atoms with Crippen LogP contribution in [0.25, 0.3) is 0 Å². The normalized spacial score (nSPS) is 9.08. The van der Waals surface area contributed by atoms with E-state index in [2.05, 4.69) is 10.7 Å². The first kappa shape index (κ1) is 9.38. The summed E-state index contributed by atoms with van der Waals surface area (Å²) < 4.78 is 0. The van der Waals surface area contributed by atoms with Gasteiger partial charge in [-0.2, -0.15) is 0 Å². The molecule has 0 spiro atoms. The number of hydrogen-bond donors (Lipinski definition) is 2. The molecule has 13 heavy (non-hydrogen) atoms. The van der Waals surface area contributed by atoms with Gasteiger partial charge in [-0.3, -0.25) is 5.01 Å². The Balaban J connectivity index is 2.59. The van der Waals surface area contributed by atoms with Gasteiger partial charge in [0.15, 0.2) is 0 Å². The van der Waals surface area contributed by atoms with Gasteiger partial charge < -0.3 is 5.32 Å². The summed E-state index contributed by atoms with van der Waals surface area (Å²) >= 11 is 0. The number of carbonyl (C=O) groups excluding carboxylic acids is 1. The molecular weight excluding hydrogens is 166 g/mol. The molecule has 4 nitrogen and oxygen atoms in total. The Bertz CT molecular complexity index is 273. The van der Waals surface area contributed by atoms with Crippen molar-refractivity contribution in [2.75, 3.05) is 19.1 Å². The second-order valence-electron chi connectivity index (χ2n) is 2.59. The maximum absolute atomic E-state index is 10.9. The number of para-hydroxylation sites is 1. The quantitative estimate of drug-likeness (QED) is 0.664. The van der Waals surface area contributed by atoms with E-state index in [0.717, 1.165) is 5.69 Å². The average molecular weight is 179 g/mol. The van der Waals surface area contributed by atoms with Crippen LogP contribution in [0.3, 0.4) is 0 Å². The SMILES string of the molecule is CNC(=O)NN(C)c1ccccc1. The smallest absolute Gasteiger partial charge is 0.333 e. The fourth-order valence-electron chi connectivity index (χ4n) is 0.924. The molecule has 0 aliphatic rings. The first-order valence-corrected chi connectivity index (χ1v) is 4.01. The van der Waals surface area contributed by atoms with Crippen molar-refractivity contribution in [3.8, 4) is 0 Å². The van der Waals surface area contributed by atoms with Crippen LogP contribution in [-0.2, 0) is 0 Å². The van der Waals surface area contributed by atoms with Crippen LogP contribution in [0.1, 0.15) is 0 Å². The summed E-state index contributed by atoms with van der Waals surface area (Å²) in [6, 6.07) is 9.35. The van der Waals surface area contributed by atoms with Gasteiger partial charge in [-0.25, -0.2) is 10.2 Å². The Hall–Kier alpha value is -1.71. The van der Waals surface area contributed by atoms with Crippen molar-refractivity contribution in [3.05, 3.63) is 30.3 Å². The fourth-order valence-corrected chi connectivity index (χ4v) is 0.924. The lowest BCUT2D eigenvalue weighted by Crippen LogP contribution is -2.44. The van der Waals surface area contributed by atoms with Gasteiger partial charge in [-0.1, -0.05) is 18.2 Å². The third-order valence-electron chi connectivity index (χ3n) is 1.64. The van der Waals surface area contributed by atoms with Crippen LogP contribution in [0.2, 0.25) is 0 Å². The molecule has 0 radical (unpaired) electrons. The van der Waals surface area contributed by atoms with Crippen molar-refractivity contribution in [2.45, 2.75) is 0 Å². The van der Waals surface area contributed by atoms with E-state index in [1.165, 1.54) is 0 Å². The number of nitrogens with one attached hydrogen (secondary N) is 2. The molecule has 1 aromatic carbocycles. The number of hydrogen-bond acceptors (Lipinski definition) is 2. The Labute approximate surface area is 77.5 Å². The van der Waals surface area contributed by atoms with Crippen LogP contribution >= 0.6 is 0 Å². The number of urea groups is 1. The summed E-state index contributed by atoms with van der Waals surface area (Å²) in [5, 5.41) is 4.13. The van der Waals surface area contributed by atoms with Crippen LogP contribution in [0.15, 0.2) is 30.3 Å². The van der Waals surface area contributed by atoms with Gasteiger partial charge in [0.05, 0.1) is 5.69 Å². The number of hydrazine groups is 1. The fraction of sp³-hybridized carbons (Fsp3) is 0.222. The lowest BCUT2D eigenvalue weighted by Gasteiger charge is -2.19. The van der Waals surface area contributed by atoms with Crippen molar-refractivity contribution in [1.82, 2.24) is 10.7 Å². The minimum Gasteiger partial charge on any atom is -0.340 e. The molecule has 0 saturated heterocycles. The summed E-state index contributed by atoms with van der Waals surface area (Å²) in [4.78, 5) is 10.9. The zero-order valence-corrected chi connectivity index (χ0v) is 7.74. The van der Waals surface area contributed by atoms with Crippen molar-refractivity contribution < 1.29 is 4.79 Å². The molecule has 1 rings (SSSR count). The van der Waals surface area contributed by atoms with Crippen molar-refractivity contribution in [2.24, 2.45) is 0 Å². The highest BCUT2D eigenvalue weighted by atomic mass is 16.2. The highest BCUT2D eigenvalue weighted by molar-refractivity contribution is 5.75. The summed E-state index contributed by atoms with van der Waals surface area (Å²) in [5.41, 5.74) is 3.57. The topological polar surface area (TPSA) is 44.4 Å². The molecule has 2 N–H and O–H groups in total. The Morgan fingerprint density at radius 3 is 2.46 bits per heavy atom. The molecule has 2 amide bonds. The van der Waals surface area contributed by atoms with Crippen LogP contribution in [-0.4, -0.2) is 20.1 Å². The average Bonchev–Trinajstić information content (AvgIpc) is 2.19.